The summed E-state index contributed by atoms with van der Waals surface area (Å²) in [6, 6.07) is -0.0114. The van der Waals surface area contributed by atoms with Crippen LogP contribution in [0.5, 0.6) is 0 Å². The van der Waals surface area contributed by atoms with Gasteiger partial charge < -0.3 is 16.0 Å². The molecular weight excluding hydrogens is 286 g/mol. The second kappa shape index (κ2) is 7.73. The van der Waals surface area contributed by atoms with Crippen LogP contribution in [0.15, 0.2) is 0 Å². The van der Waals surface area contributed by atoms with Crippen LogP contribution in [0.25, 0.3) is 0 Å². The number of hydrogen-bond donors (Lipinski definition) is 2. The minimum absolute atomic E-state index is 0.0114. The molecule has 0 aromatic rings. The van der Waals surface area contributed by atoms with Crippen LogP contribution in [0.2, 0.25) is 0 Å². The van der Waals surface area contributed by atoms with Gasteiger partial charge in [-0.15, -0.1) is 0 Å². The average Bonchev–Trinajstić information content (AvgIpc) is 2.42. The lowest BCUT2D eigenvalue weighted by molar-refractivity contribution is -0.135. The van der Waals surface area contributed by atoms with Crippen molar-refractivity contribution in [3.63, 3.8) is 0 Å². The lowest BCUT2D eigenvalue weighted by atomic mass is 9.78. The Kier molecular flexibility index (Phi) is 6.58. The maximum Gasteiger partial charge on any atom is 0.233 e. The Labute approximate surface area is 132 Å². The van der Waals surface area contributed by atoms with Gasteiger partial charge in [-0.25, -0.2) is 0 Å². The van der Waals surface area contributed by atoms with E-state index < -0.39 is 5.41 Å². The normalized spacial score (nSPS) is 19.5. The summed E-state index contributed by atoms with van der Waals surface area (Å²) in [4.78, 5) is 26.2. The van der Waals surface area contributed by atoms with Crippen LogP contribution in [0.1, 0.15) is 52.4 Å². The molecule has 1 saturated heterocycles. The molecule has 120 valence electrons. The second-order valence-corrected chi connectivity index (χ2v) is 6.37. The highest BCUT2D eigenvalue weighted by Gasteiger charge is 2.41. The van der Waals surface area contributed by atoms with Gasteiger partial charge in [-0.2, -0.15) is 0 Å². The number of nitrogens with two attached hydrogens (primary N) is 1. The molecule has 1 aliphatic heterocycles. The van der Waals surface area contributed by atoms with Gasteiger partial charge in [-0.3, -0.25) is 9.59 Å². The summed E-state index contributed by atoms with van der Waals surface area (Å²) < 4.78 is 0. The topological polar surface area (TPSA) is 75.4 Å². The van der Waals surface area contributed by atoms with Crippen LogP contribution < -0.4 is 11.1 Å². The molecule has 0 spiro atoms. The third kappa shape index (κ3) is 4.15. The SMILES string of the molecule is CCCC(CCC)(C(=O)NC1CCC(=O)N(C)C1)C(N)=S. The number of likely N-dealkylation sites (tertiary alicyclic amines) is 1. The molecule has 0 radical (unpaired) electrons. The van der Waals surface area contributed by atoms with Gasteiger partial charge in [0, 0.05) is 26.1 Å². The van der Waals surface area contributed by atoms with Crippen molar-refractivity contribution in [2.45, 2.75) is 58.4 Å². The fraction of sp³-hybridized carbons (Fsp3) is 0.800. The van der Waals surface area contributed by atoms with Gasteiger partial charge in [0.25, 0.3) is 0 Å². The van der Waals surface area contributed by atoms with Gasteiger partial charge >= 0.3 is 0 Å². The Morgan fingerprint density at radius 2 is 2.00 bits per heavy atom. The van der Waals surface area contributed by atoms with Crippen molar-refractivity contribution in [3.8, 4) is 0 Å². The molecule has 1 fully saturated rings. The van der Waals surface area contributed by atoms with Crippen molar-refractivity contribution in [3.05, 3.63) is 0 Å². The Morgan fingerprint density at radius 1 is 1.43 bits per heavy atom. The largest absolute Gasteiger partial charge is 0.392 e. The minimum atomic E-state index is -0.751. The second-order valence-electron chi connectivity index (χ2n) is 5.93. The van der Waals surface area contributed by atoms with Crippen molar-refractivity contribution in [1.82, 2.24) is 10.2 Å². The first kappa shape index (κ1) is 17.9. The number of likely N-dealkylation sites (N-methyl/N-ethyl adjacent to an activating group) is 1. The number of carbonyl (C=O) groups is 2. The fourth-order valence-electron chi connectivity index (χ4n) is 3.02. The summed E-state index contributed by atoms with van der Waals surface area (Å²) >= 11 is 5.20. The third-order valence-electron chi connectivity index (χ3n) is 4.22. The number of thiocarbonyl (C=S) groups is 1. The van der Waals surface area contributed by atoms with E-state index in [1.165, 1.54) is 0 Å². The molecule has 6 heteroatoms. The third-order valence-corrected chi connectivity index (χ3v) is 4.61. The number of piperidine rings is 1. The van der Waals surface area contributed by atoms with Crippen LogP contribution in [-0.2, 0) is 9.59 Å². The first-order valence-electron chi connectivity index (χ1n) is 7.72. The quantitative estimate of drug-likeness (QED) is 0.700. The van der Waals surface area contributed by atoms with Crippen molar-refractivity contribution in [2.75, 3.05) is 13.6 Å². The molecule has 1 unspecified atom stereocenters. The predicted octanol–water partition coefficient (Wildman–Crippen LogP) is 1.60. The summed E-state index contributed by atoms with van der Waals surface area (Å²) in [7, 11) is 1.76. The standard InChI is InChI=1S/C15H27N3O2S/c1-4-8-15(9-5-2,13(16)21)14(20)17-11-6-7-12(19)18(3)10-11/h11H,4-10H2,1-3H3,(H2,16,21)(H,17,20). The highest BCUT2D eigenvalue weighted by atomic mass is 32.1. The molecule has 1 aliphatic rings. The fourth-order valence-corrected chi connectivity index (χ4v) is 3.31. The molecule has 0 saturated carbocycles. The molecule has 1 heterocycles. The number of nitrogens with zero attached hydrogens (tertiary/aromatic N) is 1. The van der Waals surface area contributed by atoms with E-state index in [1.807, 2.05) is 13.8 Å². The monoisotopic (exact) mass is 313 g/mol. The lowest BCUT2D eigenvalue weighted by Crippen LogP contribution is -2.55. The first-order valence-corrected chi connectivity index (χ1v) is 8.13. The molecule has 21 heavy (non-hydrogen) atoms. The van der Waals surface area contributed by atoms with Crippen LogP contribution in [0, 0.1) is 5.41 Å². The van der Waals surface area contributed by atoms with Gasteiger partial charge in [0.2, 0.25) is 11.8 Å². The number of nitrogens with one attached hydrogen (secondary N) is 1. The van der Waals surface area contributed by atoms with E-state index in [0.717, 1.165) is 12.8 Å². The highest BCUT2D eigenvalue weighted by Crippen LogP contribution is 2.31. The van der Waals surface area contributed by atoms with Gasteiger partial charge in [-0.05, 0) is 19.3 Å². The molecule has 5 nitrogen and oxygen atoms in total. The molecule has 2 amide bonds. The van der Waals surface area contributed by atoms with Crippen LogP contribution >= 0.6 is 12.2 Å². The van der Waals surface area contributed by atoms with Crippen molar-refractivity contribution >= 4 is 29.0 Å². The average molecular weight is 313 g/mol. The smallest absolute Gasteiger partial charge is 0.233 e. The molecule has 3 N–H and O–H groups in total. The molecule has 1 rings (SSSR count). The number of amides is 2. The lowest BCUT2D eigenvalue weighted by Gasteiger charge is -2.35. The van der Waals surface area contributed by atoms with Gasteiger partial charge in [0.05, 0.1) is 10.4 Å². The number of hydrogen-bond acceptors (Lipinski definition) is 3. The summed E-state index contributed by atoms with van der Waals surface area (Å²) in [5.74, 6) is 0.0506. The van der Waals surface area contributed by atoms with Crippen LogP contribution in [0.4, 0.5) is 0 Å². The number of rotatable bonds is 7. The summed E-state index contributed by atoms with van der Waals surface area (Å²) in [5, 5.41) is 3.06. The zero-order chi connectivity index (χ0) is 16.0. The number of carbonyl (C=O) groups excluding carboxylic acids is 2. The molecule has 0 aromatic heterocycles. The van der Waals surface area contributed by atoms with Crippen LogP contribution in [-0.4, -0.2) is 41.3 Å². The zero-order valence-electron chi connectivity index (χ0n) is 13.3. The van der Waals surface area contributed by atoms with Gasteiger partial charge in [-0.1, -0.05) is 38.9 Å². The molecule has 0 bridgehead atoms. The van der Waals surface area contributed by atoms with Crippen molar-refractivity contribution in [1.29, 1.82) is 0 Å². The summed E-state index contributed by atoms with van der Waals surface area (Å²) in [6.45, 7) is 4.61. The maximum atomic E-state index is 12.8. The Morgan fingerprint density at radius 3 is 2.43 bits per heavy atom. The first-order chi connectivity index (χ1) is 9.87. The molecule has 1 atom stereocenters. The van der Waals surface area contributed by atoms with Crippen LogP contribution in [0.3, 0.4) is 0 Å². The molecule has 0 aliphatic carbocycles. The Balaban J connectivity index is 2.81. The predicted molar refractivity (Wildman–Crippen MR) is 87.8 cm³/mol. The summed E-state index contributed by atoms with van der Waals surface area (Å²) in [5.41, 5.74) is 5.15. The minimum Gasteiger partial charge on any atom is -0.392 e. The van der Waals surface area contributed by atoms with E-state index in [1.54, 1.807) is 11.9 Å². The maximum absolute atomic E-state index is 12.8. The Hall–Kier alpha value is -1.17. The van der Waals surface area contributed by atoms with E-state index >= 15 is 0 Å². The van der Waals surface area contributed by atoms with E-state index in [0.29, 0.717) is 32.2 Å². The van der Waals surface area contributed by atoms with Crippen molar-refractivity contribution in [2.24, 2.45) is 11.1 Å². The van der Waals surface area contributed by atoms with E-state index in [-0.39, 0.29) is 22.8 Å². The summed E-state index contributed by atoms with van der Waals surface area (Å²) in [6.07, 6.45) is 4.21. The highest BCUT2D eigenvalue weighted by molar-refractivity contribution is 7.80. The Bertz CT molecular complexity index is 406. The molecule has 0 aromatic carbocycles. The van der Waals surface area contributed by atoms with Gasteiger partial charge in [0.1, 0.15) is 0 Å². The zero-order valence-corrected chi connectivity index (χ0v) is 14.1. The van der Waals surface area contributed by atoms with E-state index in [2.05, 4.69) is 5.32 Å². The van der Waals surface area contributed by atoms with Gasteiger partial charge in [0.15, 0.2) is 0 Å². The van der Waals surface area contributed by atoms with E-state index in [4.69, 9.17) is 18.0 Å². The van der Waals surface area contributed by atoms with E-state index in [9.17, 15) is 9.59 Å². The molecular formula is C15H27N3O2S. The van der Waals surface area contributed by atoms with Crippen molar-refractivity contribution < 1.29 is 9.59 Å².